The van der Waals surface area contributed by atoms with Crippen LogP contribution in [0.1, 0.15) is 55.3 Å². The zero-order valence-electron chi connectivity index (χ0n) is 24.9. The number of hydrogen-bond acceptors (Lipinski definition) is 7. The van der Waals surface area contributed by atoms with Crippen molar-refractivity contribution in [3.05, 3.63) is 47.8 Å². The van der Waals surface area contributed by atoms with Gasteiger partial charge in [-0.1, -0.05) is 6.07 Å². The van der Waals surface area contributed by atoms with Gasteiger partial charge < -0.3 is 24.8 Å². The Morgan fingerprint density at radius 1 is 0.956 bits per heavy atom. The van der Waals surface area contributed by atoms with Crippen LogP contribution in [-0.2, 0) is 19.4 Å². The highest BCUT2D eigenvalue weighted by Gasteiger charge is 2.52. The molecule has 9 nitrogen and oxygen atoms in total. The minimum absolute atomic E-state index is 0.00648. The van der Waals surface area contributed by atoms with Crippen LogP contribution < -0.4 is 20.1 Å². The molecule has 3 fully saturated rings. The van der Waals surface area contributed by atoms with E-state index in [-0.39, 0.29) is 40.7 Å². The second-order valence-corrected chi connectivity index (χ2v) is 14.0. The lowest BCUT2D eigenvalue weighted by Gasteiger charge is -2.31. The predicted octanol–water partition coefficient (Wildman–Crippen LogP) is 5.50. The van der Waals surface area contributed by atoms with Gasteiger partial charge in [0.1, 0.15) is 5.75 Å². The molecule has 3 aliphatic carbocycles. The van der Waals surface area contributed by atoms with Gasteiger partial charge in [0.15, 0.2) is 11.6 Å². The van der Waals surface area contributed by atoms with E-state index < -0.39 is 49.8 Å². The third kappa shape index (κ3) is 6.91. The second kappa shape index (κ2) is 13.1. The number of carbonyl (C=O) groups is 2. The molecular formula is C31H36F4N2O7S. The maximum Gasteiger partial charge on any atom is 0.501 e. The molecule has 3 saturated carbocycles. The molecule has 0 spiro atoms. The molecular weight excluding hydrogens is 620 g/mol. The van der Waals surface area contributed by atoms with Gasteiger partial charge in [-0.3, -0.25) is 9.59 Å². The smallest absolute Gasteiger partial charge is 0.496 e. The van der Waals surface area contributed by atoms with Crippen LogP contribution in [0.25, 0.3) is 0 Å². The summed E-state index contributed by atoms with van der Waals surface area (Å²) in [5.41, 5.74) is -5.57. The summed E-state index contributed by atoms with van der Waals surface area (Å²) in [6, 6.07) is 5.75. The van der Waals surface area contributed by atoms with Gasteiger partial charge in [-0.2, -0.15) is 13.2 Å². The Kier molecular flexibility index (Phi) is 9.64. The van der Waals surface area contributed by atoms with E-state index in [0.717, 1.165) is 49.9 Å². The number of ether oxygens (including phenoxy) is 3. The number of benzene rings is 2. The first-order valence-electron chi connectivity index (χ1n) is 14.9. The summed E-state index contributed by atoms with van der Waals surface area (Å²) in [4.78, 5) is 26.1. The molecule has 45 heavy (non-hydrogen) atoms. The molecule has 0 heterocycles. The Morgan fingerprint density at radius 2 is 1.67 bits per heavy atom. The highest BCUT2D eigenvalue weighted by atomic mass is 32.2. The fourth-order valence-corrected chi connectivity index (χ4v) is 7.82. The van der Waals surface area contributed by atoms with E-state index in [0.29, 0.717) is 31.8 Å². The van der Waals surface area contributed by atoms with Gasteiger partial charge in [-0.15, -0.1) is 0 Å². The van der Waals surface area contributed by atoms with E-state index in [1.807, 2.05) is 0 Å². The molecule has 2 aromatic carbocycles. The van der Waals surface area contributed by atoms with Crippen molar-refractivity contribution in [1.29, 1.82) is 0 Å². The molecule has 14 heteroatoms. The molecule has 2 bridgehead atoms. The van der Waals surface area contributed by atoms with E-state index >= 15 is 0 Å². The molecule has 0 saturated heterocycles. The molecule has 3 aliphatic rings. The Labute approximate surface area is 258 Å². The maximum atomic E-state index is 15.0. The van der Waals surface area contributed by atoms with Gasteiger partial charge in [0.2, 0.25) is 5.91 Å². The van der Waals surface area contributed by atoms with Crippen molar-refractivity contribution in [3.8, 4) is 11.5 Å². The average Bonchev–Trinajstić information content (AvgIpc) is 3.61. The standard InChI is InChI=1S/C31H36F4N2O7S/c1-42-16-17-6-10-21(11-7-17)44-26-14-23(25(43-2)15-24(26)32)29(38)37-28-19-9-8-18(12-19)27(28)30(39)36-20-4-3-5-22(13-20)45(40,41)31(33,34)35/h3-5,13-15,17-19,21,27-28H,6-12,16H2,1-2H3,(H,36,39)(H,37,38)/t17?,18-,19+,21?,27+,28-/m1/s1. The largest absolute Gasteiger partial charge is 0.501 e. The van der Waals surface area contributed by atoms with Gasteiger partial charge in [-0.05, 0) is 87.0 Å². The summed E-state index contributed by atoms with van der Waals surface area (Å²) in [6.45, 7) is 0.655. The lowest BCUT2D eigenvalue weighted by molar-refractivity contribution is -0.122. The predicted molar refractivity (Wildman–Crippen MR) is 155 cm³/mol. The minimum atomic E-state index is -5.61. The fraction of sp³-hybridized carbons (Fsp3) is 0.548. The fourth-order valence-electron chi connectivity index (χ4n) is 7.01. The number of halogens is 4. The molecule has 2 N–H and O–H groups in total. The number of anilines is 1. The van der Waals surface area contributed by atoms with Crippen molar-refractivity contribution in [3.63, 3.8) is 0 Å². The van der Waals surface area contributed by atoms with E-state index in [9.17, 15) is 35.6 Å². The van der Waals surface area contributed by atoms with Crippen LogP contribution in [0.2, 0.25) is 0 Å². The van der Waals surface area contributed by atoms with Crippen molar-refractivity contribution in [2.24, 2.45) is 23.7 Å². The zero-order chi connectivity index (χ0) is 32.5. The normalized spacial score (nSPS) is 26.4. The van der Waals surface area contributed by atoms with Crippen molar-refractivity contribution < 1.29 is 49.8 Å². The third-order valence-corrected chi connectivity index (χ3v) is 10.7. The summed E-state index contributed by atoms with van der Waals surface area (Å²) in [5, 5.41) is 5.47. The van der Waals surface area contributed by atoms with E-state index in [1.54, 1.807) is 7.11 Å². The maximum absolute atomic E-state index is 15.0. The van der Waals surface area contributed by atoms with Gasteiger partial charge in [-0.25, -0.2) is 12.8 Å². The monoisotopic (exact) mass is 656 g/mol. The number of fused-ring (bicyclic) bond motifs is 2. The zero-order valence-corrected chi connectivity index (χ0v) is 25.7. The quantitative estimate of drug-likeness (QED) is 0.325. The SMILES string of the molecule is COCC1CCC(Oc2cc(C(=O)N[C@@H]3[C@H]4CC[C@H](C4)[C@@H]3C(=O)Nc3cccc(S(=O)(=O)C(F)(F)F)c3)c(OC)cc2F)CC1. The van der Waals surface area contributed by atoms with Crippen molar-refractivity contribution in [2.75, 3.05) is 26.1 Å². The molecule has 0 unspecified atom stereocenters. The summed E-state index contributed by atoms with van der Waals surface area (Å²) in [7, 11) is -2.64. The molecule has 2 aromatic rings. The summed E-state index contributed by atoms with van der Waals surface area (Å²) < 4.78 is 94.5. The van der Waals surface area contributed by atoms with Crippen molar-refractivity contribution in [2.45, 2.75) is 67.5 Å². The number of amides is 2. The molecule has 2 amide bonds. The van der Waals surface area contributed by atoms with Crippen LogP contribution in [0, 0.1) is 29.5 Å². The van der Waals surface area contributed by atoms with Gasteiger partial charge in [0, 0.05) is 31.5 Å². The van der Waals surface area contributed by atoms with E-state index in [1.165, 1.54) is 19.2 Å². The molecule has 0 radical (unpaired) electrons. The van der Waals surface area contributed by atoms with Gasteiger partial charge >= 0.3 is 5.51 Å². The van der Waals surface area contributed by atoms with E-state index in [2.05, 4.69) is 10.6 Å². The molecule has 246 valence electrons. The average molecular weight is 657 g/mol. The highest BCUT2D eigenvalue weighted by molar-refractivity contribution is 7.92. The van der Waals surface area contributed by atoms with Crippen LogP contribution in [0.15, 0.2) is 41.3 Å². The van der Waals surface area contributed by atoms with E-state index in [4.69, 9.17) is 14.2 Å². The van der Waals surface area contributed by atoms with Crippen LogP contribution in [0.3, 0.4) is 0 Å². The number of sulfone groups is 1. The second-order valence-electron chi connectivity index (χ2n) is 12.0. The number of rotatable bonds is 10. The molecule has 5 rings (SSSR count). The Hall–Kier alpha value is -3.39. The first-order valence-corrected chi connectivity index (χ1v) is 16.4. The molecule has 0 aromatic heterocycles. The third-order valence-electron chi connectivity index (χ3n) is 9.22. The topological polar surface area (TPSA) is 120 Å². The van der Waals surface area contributed by atoms with Crippen LogP contribution in [0.4, 0.5) is 23.2 Å². The highest BCUT2D eigenvalue weighted by Crippen LogP contribution is 2.49. The van der Waals surface area contributed by atoms with Crippen molar-refractivity contribution >= 4 is 27.3 Å². The lowest BCUT2D eigenvalue weighted by atomic mass is 9.83. The van der Waals surface area contributed by atoms with Crippen molar-refractivity contribution in [1.82, 2.24) is 5.32 Å². The Morgan fingerprint density at radius 3 is 2.33 bits per heavy atom. The first kappa shape index (κ1) is 33.0. The van der Waals surface area contributed by atoms with Gasteiger partial charge in [0.05, 0.1) is 29.6 Å². The number of nitrogens with one attached hydrogen (secondary N) is 2. The molecule has 0 aliphatic heterocycles. The number of hydrogen-bond donors (Lipinski definition) is 2. The van der Waals surface area contributed by atoms with Crippen LogP contribution in [-0.4, -0.2) is 58.7 Å². The number of carbonyl (C=O) groups excluding carboxylic acids is 2. The number of alkyl halides is 3. The minimum Gasteiger partial charge on any atom is -0.496 e. The Balaban J connectivity index is 1.31. The lowest BCUT2D eigenvalue weighted by Crippen LogP contribution is -2.48. The summed E-state index contributed by atoms with van der Waals surface area (Å²) in [6.07, 6.45) is 5.11. The van der Waals surface area contributed by atoms with Crippen LogP contribution in [0.5, 0.6) is 11.5 Å². The summed E-state index contributed by atoms with van der Waals surface area (Å²) >= 11 is 0. The van der Waals surface area contributed by atoms with Crippen LogP contribution >= 0.6 is 0 Å². The number of methoxy groups -OCH3 is 2. The van der Waals surface area contributed by atoms with Gasteiger partial charge in [0.25, 0.3) is 15.7 Å². The Bertz CT molecular complexity index is 1530. The molecule has 4 atom stereocenters. The summed E-state index contributed by atoms with van der Waals surface area (Å²) in [5.74, 6) is -2.32. The first-order chi connectivity index (χ1) is 21.3.